The van der Waals surface area contributed by atoms with Gasteiger partial charge >= 0.3 is 0 Å². The van der Waals surface area contributed by atoms with E-state index < -0.39 is 11.0 Å². The molecule has 27 heavy (non-hydrogen) atoms. The van der Waals surface area contributed by atoms with Crippen LogP contribution in [0.25, 0.3) is 0 Å². The van der Waals surface area contributed by atoms with Crippen LogP contribution in [-0.2, 0) is 16.6 Å². The fraction of sp³-hybridized carbons (Fsp3) is 0.682. The van der Waals surface area contributed by atoms with Crippen molar-refractivity contribution >= 4 is 5.78 Å². The summed E-state index contributed by atoms with van der Waals surface area (Å²) in [6, 6.07) is 5.49. The van der Waals surface area contributed by atoms with Gasteiger partial charge in [0.1, 0.15) is 11.5 Å². The van der Waals surface area contributed by atoms with Crippen molar-refractivity contribution in [1.82, 2.24) is 4.90 Å². The lowest BCUT2D eigenvalue weighted by molar-refractivity contribution is -0.182. The average Bonchev–Trinajstić information content (AvgIpc) is 3.44. The van der Waals surface area contributed by atoms with Gasteiger partial charge in [0, 0.05) is 36.9 Å². The van der Waals surface area contributed by atoms with Crippen molar-refractivity contribution in [3.05, 3.63) is 29.3 Å². The van der Waals surface area contributed by atoms with Gasteiger partial charge in [0.15, 0.2) is 0 Å². The molecule has 1 aromatic rings. The molecule has 0 spiro atoms. The molecule has 3 fully saturated rings. The molecule has 5 rings (SSSR count). The van der Waals surface area contributed by atoms with E-state index in [0.717, 1.165) is 43.0 Å². The summed E-state index contributed by atoms with van der Waals surface area (Å²) < 4.78 is 0. The molecule has 2 saturated carbocycles. The minimum atomic E-state index is -0.977. The Labute approximate surface area is 160 Å². The van der Waals surface area contributed by atoms with Crippen LogP contribution in [0.5, 0.6) is 5.75 Å². The van der Waals surface area contributed by atoms with Gasteiger partial charge in [0.05, 0.1) is 5.60 Å². The summed E-state index contributed by atoms with van der Waals surface area (Å²) in [7, 11) is 0. The second kappa shape index (κ2) is 6.03. The van der Waals surface area contributed by atoms with Crippen molar-refractivity contribution in [2.45, 2.75) is 62.0 Å². The van der Waals surface area contributed by atoms with Crippen molar-refractivity contribution in [2.75, 3.05) is 19.7 Å². The number of Topliss-reactive ketones (excluding diaryl/α,β-unsaturated/α-hetero) is 1. The van der Waals surface area contributed by atoms with Crippen LogP contribution < -0.4 is 0 Å². The van der Waals surface area contributed by atoms with Crippen LogP contribution in [0, 0.1) is 11.8 Å². The minimum Gasteiger partial charge on any atom is -0.508 e. The maximum Gasteiger partial charge on any atom is 0.137 e. The zero-order chi connectivity index (χ0) is 18.8. The Hall–Kier alpha value is -1.43. The number of rotatable bonds is 4. The van der Waals surface area contributed by atoms with Crippen LogP contribution in [0.4, 0.5) is 0 Å². The molecule has 1 saturated heterocycles. The molecule has 1 aliphatic heterocycles. The van der Waals surface area contributed by atoms with Gasteiger partial charge in [0.2, 0.25) is 0 Å². The van der Waals surface area contributed by atoms with Crippen molar-refractivity contribution in [2.24, 2.45) is 11.8 Å². The van der Waals surface area contributed by atoms with Crippen molar-refractivity contribution in [1.29, 1.82) is 0 Å². The van der Waals surface area contributed by atoms with Gasteiger partial charge in [0.25, 0.3) is 0 Å². The Morgan fingerprint density at radius 2 is 2.07 bits per heavy atom. The molecule has 2 bridgehead atoms. The Morgan fingerprint density at radius 1 is 1.26 bits per heavy atom. The van der Waals surface area contributed by atoms with Gasteiger partial charge in [-0.1, -0.05) is 6.07 Å². The summed E-state index contributed by atoms with van der Waals surface area (Å²) in [5.41, 5.74) is 0.557. The number of likely N-dealkylation sites (tertiary alicyclic amines) is 1. The third-order valence-electron chi connectivity index (χ3n) is 7.82. The number of nitrogens with zero attached hydrogens (tertiary/aromatic N) is 1. The number of phenolic OH excluding ortho intramolecular Hbond substituents is 1. The molecule has 5 heteroatoms. The monoisotopic (exact) mass is 371 g/mol. The number of piperidine rings is 1. The summed E-state index contributed by atoms with van der Waals surface area (Å²) in [6.45, 7) is 1.92. The van der Waals surface area contributed by atoms with E-state index in [0.29, 0.717) is 19.3 Å². The SMILES string of the molecule is O=C1CC23CCN(CC4CC4)C(Cc4ccc(O)cc42)C3(O)CC1CCO. The maximum absolute atomic E-state index is 12.9. The van der Waals surface area contributed by atoms with E-state index in [4.69, 9.17) is 0 Å². The number of aliphatic hydroxyl groups is 2. The number of benzene rings is 1. The largest absolute Gasteiger partial charge is 0.508 e. The number of aliphatic hydroxyl groups excluding tert-OH is 1. The van der Waals surface area contributed by atoms with Crippen molar-refractivity contribution in [3.8, 4) is 5.75 Å². The first kappa shape index (κ1) is 17.7. The van der Waals surface area contributed by atoms with E-state index in [9.17, 15) is 20.1 Å². The number of ketones is 1. The molecule has 4 aliphatic rings. The maximum atomic E-state index is 12.9. The highest BCUT2D eigenvalue weighted by molar-refractivity contribution is 5.85. The molecule has 0 radical (unpaired) electrons. The van der Waals surface area contributed by atoms with Crippen LogP contribution in [0.15, 0.2) is 18.2 Å². The molecule has 1 aromatic carbocycles. The summed E-state index contributed by atoms with van der Waals surface area (Å²) >= 11 is 0. The zero-order valence-corrected chi connectivity index (χ0v) is 15.7. The average molecular weight is 371 g/mol. The summed E-state index contributed by atoms with van der Waals surface area (Å²) in [6.07, 6.45) is 5.25. The van der Waals surface area contributed by atoms with Gasteiger partial charge < -0.3 is 15.3 Å². The van der Waals surface area contributed by atoms with Gasteiger partial charge in [-0.3, -0.25) is 9.69 Å². The quantitative estimate of drug-likeness (QED) is 0.752. The molecular formula is C22H29NO4. The van der Waals surface area contributed by atoms with Gasteiger partial charge in [-0.25, -0.2) is 0 Å². The summed E-state index contributed by atoms with van der Waals surface area (Å²) in [4.78, 5) is 15.4. The third-order valence-corrected chi connectivity index (χ3v) is 7.82. The lowest BCUT2D eigenvalue weighted by Gasteiger charge is -2.64. The number of carbonyl (C=O) groups excluding carboxylic acids is 1. The van der Waals surface area contributed by atoms with E-state index in [1.54, 1.807) is 12.1 Å². The Kier molecular flexibility index (Phi) is 3.94. The van der Waals surface area contributed by atoms with Crippen LogP contribution >= 0.6 is 0 Å². The molecule has 146 valence electrons. The van der Waals surface area contributed by atoms with E-state index in [1.165, 1.54) is 12.8 Å². The van der Waals surface area contributed by atoms with E-state index >= 15 is 0 Å². The first-order valence-corrected chi connectivity index (χ1v) is 10.4. The number of hydrogen-bond donors (Lipinski definition) is 3. The second-order valence-corrected chi connectivity index (χ2v) is 9.31. The molecule has 5 nitrogen and oxygen atoms in total. The molecule has 0 aromatic heterocycles. The van der Waals surface area contributed by atoms with E-state index in [-0.39, 0.29) is 30.1 Å². The Balaban J connectivity index is 1.62. The first-order chi connectivity index (χ1) is 13.0. The Morgan fingerprint density at radius 3 is 2.81 bits per heavy atom. The normalized spacial score (nSPS) is 38.4. The number of fused-ring (bicyclic) bond motifs is 1. The highest BCUT2D eigenvalue weighted by Gasteiger charge is 2.66. The molecule has 3 N–H and O–H groups in total. The van der Waals surface area contributed by atoms with Gasteiger partial charge in [-0.15, -0.1) is 0 Å². The molecule has 4 unspecified atom stereocenters. The first-order valence-electron chi connectivity index (χ1n) is 10.4. The van der Waals surface area contributed by atoms with E-state index in [1.807, 2.05) is 6.07 Å². The fourth-order valence-electron chi connectivity index (χ4n) is 6.26. The number of phenols is 1. The highest BCUT2D eigenvalue weighted by Crippen LogP contribution is 2.59. The van der Waals surface area contributed by atoms with Crippen LogP contribution in [0.1, 0.15) is 49.7 Å². The van der Waals surface area contributed by atoms with Crippen molar-refractivity contribution < 1.29 is 20.1 Å². The van der Waals surface area contributed by atoms with Crippen molar-refractivity contribution in [3.63, 3.8) is 0 Å². The van der Waals surface area contributed by atoms with Crippen LogP contribution in [0.3, 0.4) is 0 Å². The molecule has 1 heterocycles. The van der Waals surface area contributed by atoms with Crippen LogP contribution in [-0.4, -0.2) is 57.3 Å². The standard InChI is InChI=1S/C22H29NO4/c24-8-5-16-11-22(27)20-9-15-3-4-17(25)10-18(15)21(22,12-19(16)26)6-7-23(20)13-14-1-2-14/h3-4,10,14,16,20,24-25,27H,1-2,5-9,11-13H2. The number of carbonyl (C=O) groups is 1. The summed E-state index contributed by atoms with van der Waals surface area (Å²) in [5.74, 6) is 0.838. The Bertz CT molecular complexity index is 776. The lowest BCUT2D eigenvalue weighted by Crippen LogP contribution is -2.74. The predicted molar refractivity (Wildman–Crippen MR) is 101 cm³/mol. The van der Waals surface area contributed by atoms with Gasteiger partial charge in [-0.2, -0.15) is 0 Å². The topological polar surface area (TPSA) is 81.0 Å². The highest BCUT2D eigenvalue weighted by atomic mass is 16.3. The number of aromatic hydroxyl groups is 1. The summed E-state index contributed by atoms with van der Waals surface area (Å²) in [5, 5.41) is 31.7. The second-order valence-electron chi connectivity index (χ2n) is 9.31. The van der Waals surface area contributed by atoms with Gasteiger partial charge in [-0.05, 0) is 74.2 Å². The minimum absolute atomic E-state index is 0.0122. The predicted octanol–water partition coefficient (Wildman–Crippen LogP) is 1.76. The molecule has 0 amide bonds. The smallest absolute Gasteiger partial charge is 0.137 e. The third kappa shape index (κ3) is 2.51. The van der Waals surface area contributed by atoms with E-state index in [2.05, 4.69) is 4.90 Å². The molecular weight excluding hydrogens is 342 g/mol. The lowest BCUT2D eigenvalue weighted by atomic mass is 9.47. The number of hydrogen-bond acceptors (Lipinski definition) is 5. The molecule has 4 atom stereocenters. The zero-order valence-electron chi connectivity index (χ0n) is 15.7. The molecule has 3 aliphatic carbocycles. The van der Waals surface area contributed by atoms with Crippen LogP contribution in [0.2, 0.25) is 0 Å². The fourth-order valence-corrected chi connectivity index (χ4v) is 6.26.